The number of anilines is 1. The molecule has 0 bridgehead atoms. The van der Waals surface area contributed by atoms with E-state index in [0.29, 0.717) is 16.7 Å². The molecule has 0 saturated carbocycles. The van der Waals surface area contributed by atoms with Crippen molar-refractivity contribution in [2.45, 2.75) is 0 Å². The summed E-state index contributed by atoms with van der Waals surface area (Å²) in [5, 5.41) is 3.97. The first-order chi connectivity index (χ1) is 11.2. The summed E-state index contributed by atoms with van der Waals surface area (Å²) in [6, 6.07) is 11.9. The molecular formula is C17H11FN4S. The van der Waals surface area contributed by atoms with E-state index < -0.39 is 0 Å². The van der Waals surface area contributed by atoms with Crippen LogP contribution < -0.4 is 5.73 Å². The first kappa shape index (κ1) is 13.8. The van der Waals surface area contributed by atoms with Crippen molar-refractivity contribution in [2.75, 3.05) is 5.73 Å². The third-order valence-electron chi connectivity index (χ3n) is 3.49. The molecule has 23 heavy (non-hydrogen) atoms. The van der Waals surface area contributed by atoms with Crippen LogP contribution in [-0.4, -0.2) is 15.0 Å². The Labute approximate surface area is 135 Å². The first-order valence-corrected chi connectivity index (χ1v) is 7.88. The van der Waals surface area contributed by atoms with Gasteiger partial charge in [-0.25, -0.2) is 19.3 Å². The summed E-state index contributed by atoms with van der Waals surface area (Å²) in [6.45, 7) is 0. The van der Waals surface area contributed by atoms with Gasteiger partial charge in [0.1, 0.15) is 17.0 Å². The van der Waals surface area contributed by atoms with Gasteiger partial charge in [0.2, 0.25) is 5.95 Å². The zero-order chi connectivity index (χ0) is 15.8. The van der Waals surface area contributed by atoms with Gasteiger partial charge in [-0.15, -0.1) is 0 Å². The zero-order valence-corrected chi connectivity index (χ0v) is 12.7. The van der Waals surface area contributed by atoms with Gasteiger partial charge in [-0.05, 0) is 47.8 Å². The molecule has 0 spiro atoms. The lowest BCUT2D eigenvalue weighted by atomic mass is 10.1. The maximum absolute atomic E-state index is 13.1. The average Bonchev–Trinajstić information content (AvgIpc) is 3.09. The Kier molecular flexibility index (Phi) is 3.24. The molecule has 4 nitrogen and oxygen atoms in total. The van der Waals surface area contributed by atoms with E-state index in [1.165, 1.54) is 12.1 Å². The van der Waals surface area contributed by atoms with E-state index in [0.717, 1.165) is 16.8 Å². The summed E-state index contributed by atoms with van der Waals surface area (Å²) in [7, 11) is 0. The molecule has 4 rings (SSSR count). The standard InChI is InChI=1S/C17H11FN4S/c18-12-3-1-10(2-4-12)13-5-6-14-16(20-13)15(22-17(19)21-14)11-7-8-23-9-11/h1-9H,(H2,19,21,22). The summed E-state index contributed by atoms with van der Waals surface area (Å²) in [5.41, 5.74) is 10.4. The van der Waals surface area contributed by atoms with E-state index in [1.807, 2.05) is 29.0 Å². The normalized spacial score (nSPS) is 11.0. The van der Waals surface area contributed by atoms with E-state index in [9.17, 15) is 4.39 Å². The summed E-state index contributed by atoms with van der Waals surface area (Å²) in [5.74, 6) is -0.0559. The Bertz CT molecular complexity index is 982. The summed E-state index contributed by atoms with van der Waals surface area (Å²) in [4.78, 5) is 13.3. The van der Waals surface area contributed by atoms with Crippen LogP contribution in [0.4, 0.5) is 10.3 Å². The lowest BCUT2D eigenvalue weighted by molar-refractivity contribution is 0.628. The minimum Gasteiger partial charge on any atom is -0.368 e. The molecule has 3 aromatic heterocycles. The van der Waals surface area contributed by atoms with Crippen LogP contribution in [0.5, 0.6) is 0 Å². The molecule has 6 heteroatoms. The number of hydrogen-bond donors (Lipinski definition) is 1. The van der Waals surface area contributed by atoms with Crippen molar-refractivity contribution in [1.82, 2.24) is 15.0 Å². The van der Waals surface area contributed by atoms with Crippen molar-refractivity contribution in [3.63, 3.8) is 0 Å². The molecule has 112 valence electrons. The van der Waals surface area contributed by atoms with Crippen LogP contribution in [0.3, 0.4) is 0 Å². The number of nitrogen functional groups attached to an aromatic ring is 1. The van der Waals surface area contributed by atoms with Gasteiger partial charge in [-0.3, -0.25) is 0 Å². The second-order valence-electron chi connectivity index (χ2n) is 5.01. The molecule has 4 aromatic rings. The predicted octanol–water partition coefficient (Wildman–Crippen LogP) is 4.14. The molecule has 2 N–H and O–H groups in total. The van der Waals surface area contributed by atoms with Gasteiger partial charge in [0, 0.05) is 16.5 Å². The molecule has 0 radical (unpaired) electrons. The SMILES string of the molecule is Nc1nc(-c2ccsc2)c2nc(-c3ccc(F)cc3)ccc2n1. The van der Waals surface area contributed by atoms with Gasteiger partial charge >= 0.3 is 0 Å². The molecule has 0 aliphatic heterocycles. The Morgan fingerprint density at radius 3 is 2.43 bits per heavy atom. The number of nitrogens with zero attached hydrogens (tertiary/aromatic N) is 3. The third-order valence-corrected chi connectivity index (χ3v) is 4.18. The van der Waals surface area contributed by atoms with Gasteiger partial charge in [-0.1, -0.05) is 0 Å². The van der Waals surface area contributed by atoms with Crippen LogP contribution in [0.1, 0.15) is 0 Å². The van der Waals surface area contributed by atoms with Gasteiger partial charge in [0.15, 0.2) is 0 Å². The maximum Gasteiger partial charge on any atom is 0.221 e. The van der Waals surface area contributed by atoms with Gasteiger partial charge in [-0.2, -0.15) is 11.3 Å². The Balaban J connectivity index is 1.95. The Morgan fingerprint density at radius 2 is 1.70 bits per heavy atom. The number of aromatic nitrogens is 3. The predicted molar refractivity (Wildman–Crippen MR) is 90.5 cm³/mol. The molecule has 0 fully saturated rings. The van der Waals surface area contributed by atoms with Crippen molar-refractivity contribution in [2.24, 2.45) is 0 Å². The molecule has 0 amide bonds. The van der Waals surface area contributed by atoms with Crippen LogP contribution >= 0.6 is 11.3 Å². The fourth-order valence-corrected chi connectivity index (χ4v) is 3.05. The monoisotopic (exact) mass is 322 g/mol. The number of hydrogen-bond acceptors (Lipinski definition) is 5. The fourth-order valence-electron chi connectivity index (χ4n) is 2.41. The number of benzene rings is 1. The van der Waals surface area contributed by atoms with Crippen molar-refractivity contribution in [1.29, 1.82) is 0 Å². The van der Waals surface area contributed by atoms with Gasteiger partial charge < -0.3 is 5.73 Å². The largest absolute Gasteiger partial charge is 0.368 e. The van der Waals surface area contributed by atoms with E-state index in [2.05, 4.69) is 15.0 Å². The molecular weight excluding hydrogens is 311 g/mol. The summed E-state index contributed by atoms with van der Waals surface area (Å²) < 4.78 is 13.1. The van der Waals surface area contributed by atoms with E-state index >= 15 is 0 Å². The number of thiophene rings is 1. The van der Waals surface area contributed by atoms with Gasteiger partial charge in [0.05, 0.1) is 11.2 Å². The highest BCUT2D eigenvalue weighted by Gasteiger charge is 2.12. The second-order valence-corrected chi connectivity index (χ2v) is 5.79. The minimum absolute atomic E-state index is 0.218. The molecule has 3 heterocycles. The number of pyridine rings is 1. The number of halogens is 1. The highest BCUT2D eigenvalue weighted by molar-refractivity contribution is 7.08. The van der Waals surface area contributed by atoms with Crippen molar-refractivity contribution in [3.8, 4) is 22.5 Å². The highest BCUT2D eigenvalue weighted by Crippen LogP contribution is 2.29. The zero-order valence-electron chi connectivity index (χ0n) is 11.9. The van der Waals surface area contributed by atoms with Gasteiger partial charge in [0.25, 0.3) is 0 Å². The number of fused-ring (bicyclic) bond motifs is 1. The molecule has 0 aliphatic rings. The van der Waals surface area contributed by atoms with E-state index in [1.54, 1.807) is 23.5 Å². The van der Waals surface area contributed by atoms with Crippen LogP contribution in [0, 0.1) is 5.82 Å². The fraction of sp³-hybridized carbons (Fsp3) is 0. The second kappa shape index (κ2) is 5.40. The molecule has 0 atom stereocenters. The molecule has 0 saturated heterocycles. The highest BCUT2D eigenvalue weighted by atomic mass is 32.1. The maximum atomic E-state index is 13.1. The lowest BCUT2D eigenvalue weighted by Gasteiger charge is -2.07. The molecule has 0 unspecified atom stereocenters. The minimum atomic E-state index is -0.274. The first-order valence-electron chi connectivity index (χ1n) is 6.93. The average molecular weight is 322 g/mol. The Morgan fingerprint density at radius 1 is 0.870 bits per heavy atom. The summed E-state index contributed by atoms with van der Waals surface area (Å²) in [6.07, 6.45) is 0. The number of rotatable bonds is 2. The number of nitrogens with two attached hydrogens (primary N) is 1. The smallest absolute Gasteiger partial charge is 0.221 e. The Hall–Kier alpha value is -2.86. The van der Waals surface area contributed by atoms with Crippen LogP contribution in [0.25, 0.3) is 33.5 Å². The van der Waals surface area contributed by atoms with Crippen LogP contribution in [0.15, 0.2) is 53.2 Å². The quantitative estimate of drug-likeness (QED) is 0.602. The van der Waals surface area contributed by atoms with Crippen molar-refractivity contribution in [3.05, 3.63) is 59.0 Å². The molecule has 0 aliphatic carbocycles. The van der Waals surface area contributed by atoms with E-state index in [4.69, 9.17) is 5.73 Å². The third kappa shape index (κ3) is 2.53. The van der Waals surface area contributed by atoms with Crippen LogP contribution in [0.2, 0.25) is 0 Å². The molecule has 1 aromatic carbocycles. The van der Waals surface area contributed by atoms with Crippen molar-refractivity contribution < 1.29 is 4.39 Å². The lowest BCUT2D eigenvalue weighted by Crippen LogP contribution is -1.99. The van der Waals surface area contributed by atoms with E-state index in [-0.39, 0.29) is 11.8 Å². The van der Waals surface area contributed by atoms with Crippen LogP contribution in [-0.2, 0) is 0 Å². The topological polar surface area (TPSA) is 64.7 Å². The van der Waals surface area contributed by atoms with Crippen molar-refractivity contribution >= 4 is 28.3 Å². The summed E-state index contributed by atoms with van der Waals surface area (Å²) >= 11 is 1.58.